The molecular weight excluding hydrogens is 308 g/mol. The van der Waals surface area contributed by atoms with Crippen molar-refractivity contribution < 1.29 is 23.7 Å². The number of methoxy groups -OCH3 is 4. The molecule has 0 aliphatic heterocycles. The molecule has 0 saturated heterocycles. The van der Waals surface area contributed by atoms with E-state index in [1.165, 1.54) is 27.4 Å². The summed E-state index contributed by atoms with van der Waals surface area (Å²) in [6.45, 7) is 0. The third-order valence-corrected chi connectivity index (χ3v) is 3.51. The van der Waals surface area contributed by atoms with Gasteiger partial charge in [0.15, 0.2) is 17.3 Å². The minimum absolute atomic E-state index is 0.191. The Bertz CT molecular complexity index is 732. The van der Waals surface area contributed by atoms with Gasteiger partial charge in [0.05, 0.1) is 34.0 Å². The molecule has 0 bridgehead atoms. The summed E-state index contributed by atoms with van der Waals surface area (Å²) in [5, 5.41) is 0. The van der Waals surface area contributed by atoms with Gasteiger partial charge >= 0.3 is 0 Å². The highest BCUT2D eigenvalue weighted by Crippen LogP contribution is 2.40. The average molecular weight is 328 g/mol. The van der Waals surface area contributed by atoms with Gasteiger partial charge in [-0.2, -0.15) is 0 Å². The first kappa shape index (κ1) is 17.4. The van der Waals surface area contributed by atoms with Gasteiger partial charge in [0.25, 0.3) is 0 Å². The number of ether oxygens (including phenoxy) is 4. The lowest BCUT2D eigenvalue weighted by Crippen LogP contribution is -2.02. The van der Waals surface area contributed by atoms with E-state index in [4.69, 9.17) is 18.9 Å². The molecule has 0 spiro atoms. The molecule has 126 valence electrons. The molecular formula is C19H20O5. The smallest absolute Gasteiger partial charge is 0.204 e. The third-order valence-electron chi connectivity index (χ3n) is 3.51. The molecule has 2 aromatic carbocycles. The lowest BCUT2D eigenvalue weighted by molar-refractivity contribution is 0.104. The van der Waals surface area contributed by atoms with Crippen LogP contribution in [-0.4, -0.2) is 34.2 Å². The monoisotopic (exact) mass is 328 g/mol. The van der Waals surface area contributed by atoms with Crippen molar-refractivity contribution in [1.29, 1.82) is 0 Å². The van der Waals surface area contributed by atoms with Crippen LogP contribution in [0.15, 0.2) is 42.5 Å². The first-order valence-corrected chi connectivity index (χ1v) is 7.30. The van der Waals surface area contributed by atoms with Crippen LogP contribution in [0.1, 0.15) is 15.9 Å². The number of carbonyl (C=O) groups excluding carboxylic acids is 1. The molecule has 0 saturated carbocycles. The summed E-state index contributed by atoms with van der Waals surface area (Å²) in [4.78, 5) is 12.5. The van der Waals surface area contributed by atoms with Crippen molar-refractivity contribution in [2.45, 2.75) is 0 Å². The summed E-state index contributed by atoms with van der Waals surface area (Å²) in [5.74, 6) is 1.82. The van der Waals surface area contributed by atoms with E-state index >= 15 is 0 Å². The second-order valence-electron chi connectivity index (χ2n) is 4.85. The Kier molecular flexibility index (Phi) is 5.84. The van der Waals surface area contributed by atoms with E-state index in [-0.39, 0.29) is 5.78 Å². The standard InChI is InChI=1S/C19H20O5/c1-21-14-8-5-13(6-9-14)7-11-16(20)15-10-12-17(22-2)19(24-4)18(15)23-3/h5-12H,1-4H3/b11-7+. The molecule has 0 radical (unpaired) electrons. The highest BCUT2D eigenvalue weighted by Gasteiger charge is 2.19. The van der Waals surface area contributed by atoms with Crippen molar-refractivity contribution in [2.24, 2.45) is 0 Å². The molecule has 2 aromatic rings. The number of hydrogen-bond donors (Lipinski definition) is 0. The fourth-order valence-corrected chi connectivity index (χ4v) is 2.27. The third kappa shape index (κ3) is 3.68. The van der Waals surface area contributed by atoms with Gasteiger partial charge in [-0.05, 0) is 35.9 Å². The van der Waals surface area contributed by atoms with Crippen LogP contribution in [0.25, 0.3) is 6.08 Å². The fraction of sp³-hybridized carbons (Fsp3) is 0.211. The van der Waals surface area contributed by atoms with E-state index in [2.05, 4.69) is 0 Å². The van der Waals surface area contributed by atoms with Crippen LogP contribution >= 0.6 is 0 Å². The van der Waals surface area contributed by atoms with Crippen LogP contribution in [0.5, 0.6) is 23.0 Å². The Morgan fingerprint density at radius 3 is 2.00 bits per heavy atom. The maximum Gasteiger partial charge on any atom is 0.204 e. The van der Waals surface area contributed by atoms with Crippen molar-refractivity contribution in [2.75, 3.05) is 28.4 Å². The topological polar surface area (TPSA) is 54.0 Å². The normalized spacial score (nSPS) is 10.5. The van der Waals surface area contributed by atoms with Crippen LogP contribution in [0.4, 0.5) is 0 Å². The number of hydrogen-bond acceptors (Lipinski definition) is 5. The maximum atomic E-state index is 12.5. The largest absolute Gasteiger partial charge is 0.497 e. The van der Waals surface area contributed by atoms with E-state index in [0.717, 1.165) is 11.3 Å². The summed E-state index contributed by atoms with van der Waals surface area (Å²) in [6.07, 6.45) is 3.23. The molecule has 5 nitrogen and oxygen atoms in total. The molecule has 0 aliphatic rings. The molecule has 5 heteroatoms. The summed E-state index contributed by atoms with van der Waals surface area (Å²) in [6, 6.07) is 10.7. The van der Waals surface area contributed by atoms with E-state index < -0.39 is 0 Å². The predicted octanol–water partition coefficient (Wildman–Crippen LogP) is 3.62. The summed E-state index contributed by atoms with van der Waals surface area (Å²) >= 11 is 0. The number of benzene rings is 2. The van der Waals surface area contributed by atoms with Gasteiger partial charge in [-0.25, -0.2) is 0 Å². The predicted molar refractivity (Wildman–Crippen MR) is 92.5 cm³/mol. The zero-order chi connectivity index (χ0) is 17.5. The molecule has 0 unspecified atom stereocenters. The minimum atomic E-state index is -0.191. The van der Waals surface area contributed by atoms with E-state index in [1.807, 2.05) is 24.3 Å². The highest BCUT2D eigenvalue weighted by molar-refractivity contribution is 6.09. The number of rotatable bonds is 7. The quantitative estimate of drug-likeness (QED) is 0.574. The van der Waals surface area contributed by atoms with Gasteiger partial charge in [0, 0.05) is 0 Å². The molecule has 0 fully saturated rings. The average Bonchev–Trinajstić information content (AvgIpc) is 2.64. The van der Waals surface area contributed by atoms with E-state index in [9.17, 15) is 4.79 Å². The lowest BCUT2D eigenvalue weighted by Gasteiger charge is -2.14. The fourth-order valence-electron chi connectivity index (χ4n) is 2.27. The van der Waals surface area contributed by atoms with Crippen LogP contribution < -0.4 is 18.9 Å². The summed E-state index contributed by atoms with van der Waals surface area (Å²) in [7, 11) is 6.13. The van der Waals surface area contributed by atoms with Crippen LogP contribution in [-0.2, 0) is 0 Å². The second kappa shape index (κ2) is 8.06. The molecule has 0 aromatic heterocycles. The molecule has 0 aliphatic carbocycles. The molecule has 0 atom stereocenters. The lowest BCUT2D eigenvalue weighted by atomic mass is 10.1. The number of carbonyl (C=O) groups is 1. The van der Waals surface area contributed by atoms with Crippen molar-refractivity contribution >= 4 is 11.9 Å². The van der Waals surface area contributed by atoms with Crippen LogP contribution in [0.2, 0.25) is 0 Å². The number of allylic oxidation sites excluding steroid dienone is 1. The van der Waals surface area contributed by atoms with Crippen molar-refractivity contribution in [3.8, 4) is 23.0 Å². The second-order valence-corrected chi connectivity index (χ2v) is 4.85. The summed E-state index contributed by atoms with van der Waals surface area (Å²) in [5.41, 5.74) is 1.29. The molecule has 2 rings (SSSR count). The van der Waals surface area contributed by atoms with E-state index in [0.29, 0.717) is 22.8 Å². The molecule has 0 heterocycles. The van der Waals surface area contributed by atoms with E-state index in [1.54, 1.807) is 25.3 Å². The molecule has 0 amide bonds. The van der Waals surface area contributed by atoms with Crippen molar-refractivity contribution in [3.05, 3.63) is 53.6 Å². The maximum absolute atomic E-state index is 12.5. The Hall–Kier alpha value is -2.95. The first-order chi connectivity index (χ1) is 11.6. The van der Waals surface area contributed by atoms with Crippen molar-refractivity contribution in [1.82, 2.24) is 0 Å². The highest BCUT2D eigenvalue weighted by atomic mass is 16.5. The van der Waals surface area contributed by atoms with Crippen LogP contribution in [0, 0.1) is 0 Å². The van der Waals surface area contributed by atoms with Gasteiger partial charge < -0.3 is 18.9 Å². The Labute approximate surface area is 141 Å². The summed E-state index contributed by atoms with van der Waals surface area (Å²) < 4.78 is 21.0. The Morgan fingerprint density at radius 1 is 0.792 bits per heavy atom. The molecule has 24 heavy (non-hydrogen) atoms. The number of ketones is 1. The Balaban J connectivity index is 2.30. The Morgan fingerprint density at radius 2 is 1.46 bits per heavy atom. The zero-order valence-electron chi connectivity index (χ0n) is 14.2. The zero-order valence-corrected chi connectivity index (χ0v) is 14.2. The molecule has 0 N–H and O–H groups in total. The minimum Gasteiger partial charge on any atom is -0.497 e. The first-order valence-electron chi connectivity index (χ1n) is 7.30. The van der Waals surface area contributed by atoms with Gasteiger partial charge in [-0.3, -0.25) is 4.79 Å². The van der Waals surface area contributed by atoms with Crippen LogP contribution in [0.3, 0.4) is 0 Å². The van der Waals surface area contributed by atoms with Gasteiger partial charge in [0.1, 0.15) is 5.75 Å². The van der Waals surface area contributed by atoms with Gasteiger partial charge in [-0.1, -0.05) is 18.2 Å². The SMILES string of the molecule is COc1ccc(/C=C/C(=O)c2ccc(OC)c(OC)c2OC)cc1. The van der Waals surface area contributed by atoms with Gasteiger partial charge in [-0.15, -0.1) is 0 Å². The van der Waals surface area contributed by atoms with Gasteiger partial charge in [0.2, 0.25) is 5.75 Å². The van der Waals surface area contributed by atoms with Crippen molar-refractivity contribution in [3.63, 3.8) is 0 Å².